The van der Waals surface area contributed by atoms with Crippen LogP contribution in [0.15, 0.2) is 0 Å². The molecule has 3 fully saturated rings. The quantitative estimate of drug-likeness (QED) is 0.0940. The van der Waals surface area contributed by atoms with Gasteiger partial charge >= 0.3 is 0 Å². The second-order valence-electron chi connectivity index (χ2n) is 16.0. The predicted molar refractivity (Wildman–Crippen MR) is 189 cm³/mol. The van der Waals surface area contributed by atoms with Gasteiger partial charge in [0, 0.05) is 13.2 Å². The van der Waals surface area contributed by atoms with Crippen LogP contribution >= 0.6 is 0 Å². The van der Waals surface area contributed by atoms with Gasteiger partial charge in [0.1, 0.15) is 0 Å². The van der Waals surface area contributed by atoms with E-state index in [0.717, 1.165) is 69.2 Å². The highest BCUT2D eigenvalue weighted by Crippen LogP contribution is 2.66. The summed E-state index contributed by atoms with van der Waals surface area (Å²) in [5.74, 6) is 3.98. The number of hydrogen-bond acceptors (Lipinski definition) is 5. The van der Waals surface area contributed by atoms with Gasteiger partial charge in [0.2, 0.25) is 0 Å². The summed E-state index contributed by atoms with van der Waals surface area (Å²) in [5.41, 5.74) is 12.5. The lowest BCUT2D eigenvalue weighted by Gasteiger charge is -2.59. The summed E-state index contributed by atoms with van der Waals surface area (Å²) in [6.07, 6.45) is 25.5. The van der Waals surface area contributed by atoms with Crippen LogP contribution in [-0.2, 0) is 9.47 Å². The molecular weight excluding hydrogens is 542 g/mol. The van der Waals surface area contributed by atoms with Crippen molar-refractivity contribution in [2.45, 2.75) is 169 Å². The molecule has 9 atom stereocenters. The molecule has 4 unspecified atom stereocenters. The SMILES string of the molecule is CCCCCCCCNCCC[C@@H](C)[C@H]1CC[C@H]2C3C(OCCCN)CCC(C)(CC[C@H](CC)OCCCN)[C@H]3CCC12C. The third-order valence-corrected chi connectivity index (χ3v) is 13.0. The van der Waals surface area contributed by atoms with Crippen LogP contribution in [0.2, 0.25) is 0 Å². The van der Waals surface area contributed by atoms with Gasteiger partial charge in [0.15, 0.2) is 0 Å². The van der Waals surface area contributed by atoms with Gasteiger partial charge in [-0.25, -0.2) is 0 Å². The number of hydrogen-bond donors (Lipinski definition) is 3. The molecule has 0 heterocycles. The van der Waals surface area contributed by atoms with Gasteiger partial charge in [0.25, 0.3) is 0 Å². The molecule has 0 aliphatic heterocycles. The molecule has 0 spiro atoms. The average Bonchev–Trinajstić information content (AvgIpc) is 3.38. The summed E-state index contributed by atoms with van der Waals surface area (Å²) in [6, 6.07) is 0. The Hall–Kier alpha value is -0.200. The fourth-order valence-electron chi connectivity index (χ4n) is 10.3. The van der Waals surface area contributed by atoms with E-state index in [1.807, 2.05) is 0 Å². The molecule has 3 saturated carbocycles. The van der Waals surface area contributed by atoms with Gasteiger partial charge < -0.3 is 26.3 Å². The van der Waals surface area contributed by atoms with Crippen molar-refractivity contribution in [1.82, 2.24) is 5.32 Å². The summed E-state index contributed by atoms with van der Waals surface area (Å²) >= 11 is 0. The highest BCUT2D eigenvalue weighted by atomic mass is 16.5. The van der Waals surface area contributed by atoms with Crippen molar-refractivity contribution in [2.24, 2.45) is 51.9 Å². The standard InChI is InChI=1S/C39H77N3O2/c1-6-8-9-10-11-12-27-42-28-13-16-31(3)33-17-18-35-37-34(20-24-39(33,35)5)38(4,23-21-36(37)44-30-15-26-41)22-19-32(7-2)43-29-14-25-40/h31-37,42H,6-30,40-41H2,1-5H3/t31-,32+,33-,34+,35+,36?,37?,38?,39?/m1/s1. The zero-order chi connectivity index (χ0) is 31.8. The Labute approximate surface area is 274 Å². The van der Waals surface area contributed by atoms with Crippen molar-refractivity contribution in [3.05, 3.63) is 0 Å². The van der Waals surface area contributed by atoms with Crippen LogP contribution < -0.4 is 16.8 Å². The zero-order valence-corrected chi connectivity index (χ0v) is 30.2. The summed E-state index contributed by atoms with van der Waals surface area (Å²) in [7, 11) is 0. The molecule has 0 saturated heterocycles. The summed E-state index contributed by atoms with van der Waals surface area (Å²) in [4.78, 5) is 0. The molecule has 0 amide bonds. The lowest BCUT2D eigenvalue weighted by molar-refractivity contribution is -0.153. The maximum Gasteiger partial charge on any atom is 0.0609 e. The van der Waals surface area contributed by atoms with Gasteiger partial charge in [-0.15, -0.1) is 0 Å². The molecular formula is C39H77N3O2. The summed E-state index contributed by atoms with van der Waals surface area (Å²) in [6.45, 7) is 18.0. The first-order valence-corrected chi connectivity index (χ1v) is 19.7. The van der Waals surface area contributed by atoms with E-state index in [4.69, 9.17) is 20.9 Å². The normalized spacial score (nSPS) is 33.2. The highest BCUT2D eigenvalue weighted by molar-refractivity contribution is 5.09. The number of ether oxygens (including phenoxy) is 2. The minimum Gasteiger partial charge on any atom is -0.378 e. The van der Waals surface area contributed by atoms with Crippen molar-refractivity contribution in [3.63, 3.8) is 0 Å². The fourth-order valence-corrected chi connectivity index (χ4v) is 10.3. The molecule has 260 valence electrons. The first kappa shape index (κ1) is 38.2. The Morgan fingerprint density at radius 3 is 2.25 bits per heavy atom. The molecule has 3 rings (SSSR count). The Kier molecular flexibility index (Phi) is 17.6. The molecule has 0 radical (unpaired) electrons. The Morgan fingerprint density at radius 1 is 0.773 bits per heavy atom. The predicted octanol–water partition coefficient (Wildman–Crippen LogP) is 8.87. The number of fused-ring (bicyclic) bond motifs is 3. The van der Waals surface area contributed by atoms with E-state index in [1.165, 1.54) is 116 Å². The number of unbranched alkanes of at least 4 members (excludes halogenated alkanes) is 5. The minimum absolute atomic E-state index is 0.376. The number of rotatable bonds is 24. The van der Waals surface area contributed by atoms with Gasteiger partial charge in [-0.1, -0.05) is 66.7 Å². The van der Waals surface area contributed by atoms with Crippen LogP contribution in [0, 0.1) is 40.4 Å². The first-order chi connectivity index (χ1) is 21.3. The molecule has 5 heteroatoms. The third-order valence-electron chi connectivity index (χ3n) is 13.0. The molecule has 0 aromatic rings. The van der Waals surface area contributed by atoms with E-state index in [1.54, 1.807) is 0 Å². The summed E-state index contributed by atoms with van der Waals surface area (Å²) < 4.78 is 13.0. The van der Waals surface area contributed by atoms with Crippen molar-refractivity contribution in [1.29, 1.82) is 0 Å². The third kappa shape index (κ3) is 10.7. The second kappa shape index (κ2) is 20.2. The molecule has 5 nitrogen and oxygen atoms in total. The van der Waals surface area contributed by atoms with Crippen molar-refractivity contribution >= 4 is 0 Å². The largest absolute Gasteiger partial charge is 0.378 e. The highest BCUT2D eigenvalue weighted by Gasteiger charge is 2.60. The molecule has 0 aromatic carbocycles. The van der Waals surface area contributed by atoms with E-state index < -0.39 is 0 Å². The Bertz CT molecular complexity index is 751. The Balaban J connectivity index is 1.58. The van der Waals surface area contributed by atoms with Gasteiger partial charge in [-0.05, 0) is 156 Å². The molecule has 0 bridgehead atoms. The first-order valence-electron chi connectivity index (χ1n) is 19.7. The van der Waals surface area contributed by atoms with E-state index in [2.05, 4.69) is 39.9 Å². The van der Waals surface area contributed by atoms with Gasteiger partial charge in [-0.2, -0.15) is 0 Å². The summed E-state index contributed by atoms with van der Waals surface area (Å²) in [5, 5.41) is 3.76. The molecule has 3 aliphatic carbocycles. The van der Waals surface area contributed by atoms with Crippen molar-refractivity contribution in [2.75, 3.05) is 39.4 Å². The lowest BCUT2D eigenvalue weighted by Crippen LogP contribution is -2.55. The van der Waals surface area contributed by atoms with E-state index in [-0.39, 0.29) is 0 Å². The van der Waals surface area contributed by atoms with Crippen molar-refractivity contribution in [3.8, 4) is 0 Å². The van der Waals surface area contributed by atoms with Crippen LogP contribution in [0.5, 0.6) is 0 Å². The van der Waals surface area contributed by atoms with Crippen LogP contribution in [0.4, 0.5) is 0 Å². The van der Waals surface area contributed by atoms with Crippen LogP contribution in [-0.4, -0.2) is 51.6 Å². The van der Waals surface area contributed by atoms with Crippen LogP contribution in [0.1, 0.15) is 157 Å². The van der Waals surface area contributed by atoms with E-state index in [9.17, 15) is 0 Å². The zero-order valence-electron chi connectivity index (χ0n) is 30.2. The second-order valence-corrected chi connectivity index (χ2v) is 16.0. The smallest absolute Gasteiger partial charge is 0.0609 e. The minimum atomic E-state index is 0.376. The average molecular weight is 620 g/mol. The fraction of sp³-hybridized carbons (Fsp3) is 1.00. The molecule has 0 aromatic heterocycles. The maximum absolute atomic E-state index is 6.76. The lowest BCUT2D eigenvalue weighted by atomic mass is 9.47. The number of nitrogens with two attached hydrogens (primary N) is 2. The van der Waals surface area contributed by atoms with Crippen LogP contribution in [0.3, 0.4) is 0 Å². The Morgan fingerprint density at radius 2 is 1.50 bits per heavy atom. The topological polar surface area (TPSA) is 82.5 Å². The monoisotopic (exact) mass is 620 g/mol. The van der Waals surface area contributed by atoms with Gasteiger partial charge in [0.05, 0.1) is 12.2 Å². The maximum atomic E-state index is 6.76. The van der Waals surface area contributed by atoms with Crippen LogP contribution in [0.25, 0.3) is 0 Å². The van der Waals surface area contributed by atoms with Crippen molar-refractivity contribution < 1.29 is 9.47 Å². The number of nitrogens with one attached hydrogen (secondary N) is 1. The van der Waals surface area contributed by atoms with E-state index in [0.29, 0.717) is 29.0 Å². The van der Waals surface area contributed by atoms with E-state index >= 15 is 0 Å². The molecule has 5 N–H and O–H groups in total. The van der Waals surface area contributed by atoms with Gasteiger partial charge in [-0.3, -0.25) is 0 Å². The molecule has 44 heavy (non-hydrogen) atoms. The molecule has 3 aliphatic rings.